The molecule has 0 amide bonds. The highest BCUT2D eigenvalue weighted by molar-refractivity contribution is 7.93. The summed E-state index contributed by atoms with van der Waals surface area (Å²) in [4.78, 5) is 7.06. The molecule has 37 heavy (non-hydrogen) atoms. The number of sulfonamides is 1. The maximum Gasteiger partial charge on any atom is 0.248 e. The van der Waals surface area contributed by atoms with Crippen LogP contribution in [-0.2, 0) is 22.0 Å². The highest BCUT2D eigenvalue weighted by Crippen LogP contribution is 2.34. The van der Waals surface area contributed by atoms with Crippen LogP contribution < -0.4 is 14.9 Å². The molecule has 1 aliphatic rings. The van der Waals surface area contributed by atoms with Crippen molar-refractivity contribution >= 4 is 21.7 Å². The van der Waals surface area contributed by atoms with E-state index in [1.54, 1.807) is 19.9 Å². The highest BCUT2D eigenvalue weighted by atomic mass is 32.2. The van der Waals surface area contributed by atoms with Gasteiger partial charge in [0.1, 0.15) is 11.6 Å². The van der Waals surface area contributed by atoms with E-state index in [0.29, 0.717) is 35.6 Å². The van der Waals surface area contributed by atoms with E-state index >= 15 is 0 Å². The molecule has 200 valence electrons. The molecule has 2 N–H and O–H groups in total. The summed E-state index contributed by atoms with van der Waals surface area (Å²) in [5, 5.41) is 7.99. The van der Waals surface area contributed by atoms with Gasteiger partial charge in [0.05, 0.1) is 10.8 Å². The standard InChI is InChI=1S/C27H38N6O3S/c1-6-11-22-14-10-15-33(22)24-17-21(16-23(29-24)32(5)37(34,35)19(2)3)25-30-31-26(36-25)27(4,28)18-20-12-8-7-9-13-20/h7-9,12-13,16-17,19,22H,6,10-11,14-15,18,28H2,1-5H3/t22?,27-/m1/s1. The number of benzene rings is 1. The fourth-order valence-electron chi connectivity index (χ4n) is 4.82. The van der Waals surface area contributed by atoms with Gasteiger partial charge in [-0.2, -0.15) is 0 Å². The molecule has 4 rings (SSSR count). The monoisotopic (exact) mass is 526 g/mol. The van der Waals surface area contributed by atoms with Crippen molar-refractivity contribution in [3.05, 3.63) is 53.9 Å². The summed E-state index contributed by atoms with van der Waals surface area (Å²) < 4.78 is 33.3. The molecule has 0 aliphatic carbocycles. The number of nitrogens with zero attached hydrogens (tertiary/aromatic N) is 5. The number of aromatic nitrogens is 3. The molecule has 1 unspecified atom stereocenters. The minimum absolute atomic E-state index is 0.284. The van der Waals surface area contributed by atoms with E-state index in [4.69, 9.17) is 15.1 Å². The van der Waals surface area contributed by atoms with Gasteiger partial charge >= 0.3 is 0 Å². The molecule has 1 aliphatic heterocycles. The first-order valence-corrected chi connectivity index (χ1v) is 14.5. The quantitative estimate of drug-likeness (QED) is 0.410. The number of nitrogens with two attached hydrogens (primary N) is 1. The molecule has 1 fully saturated rings. The van der Waals surface area contributed by atoms with Crippen molar-refractivity contribution in [1.82, 2.24) is 15.2 Å². The van der Waals surface area contributed by atoms with Gasteiger partial charge in [-0.1, -0.05) is 43.7 Å². The van der Waals surface area contributed by atoms with Gasteiger partial charge in [-0.15, -0.1) is 10.2 Å². The Hall–Kier alpha value is -2.98. The minimum atomic E-state index is -3.58. The van der Waals surface area contributed by atoms with Crippen molar-refractivity contribution in [2.75, 3.05) is 22.8 Å². The zero-order chi connectivity index (χ0) is 26.8. The van der Waals surface area contributed by atoms with Crippen molar-refractivity contribution in [2.45, 2.75) is 76.6 Å². The zero-order valence-electron chi connectivity index (χ0n) is 22.4. The average Bonchev–Trinajstić information content (AvgIpc) is 3.54. The Labute approximate surface area is 220 Å². The molecule has 0 saturated carbocycles. The SMILES string of the molecule is CCCC1CCCN1c1cc(-c2nnc([C@](C)(N)Cc3ccccc3)o2)cc(N(C)S(=O)(=O)C(C)C)n1. The number of anilines is 2. The first-order valence-electron chi connectivity index (χ1n) is 13.0. The predicted molar refractivity (Wildman–Crippen MR) is 147 cm³/mol. The van der Waals surface area contributed by atoms with E-state index in [1.807, 2.05) is 43.3 Å². The molecule has 3 aromatic rings. The third-order valence-corrected chi connectivity index (χ3v) is 9.11. The lowest BCUT2D eigenvalue weighted by Gasteiger charge is -2.28. The van der Waals surface area contributed by atoms with Crippen LogP contribution in [0.4, 0.5) is 11.6 Å². The normalized spacial score (nSPS) is 17.8. The fourth-order valence-corrected chi connectivity index (χ4v) is 5.80. The van der Waals surface area contributed by atoms with Crippen LogP contribution >= 0.6 is 0 Å². The lowest BCUT2D eigenvalue weighted by atomic mass is 9.94. The molecular weight excluding hydrogens is 488 g/mol. The van der Waals surface area contributed by atoms with E-state index in [0.717, 1.165) is 37.8 Å². The highest BCUT2D eigenvalue weighted by Gasteiger charge is 2.31. The van der Waals surface area contributed by atoms with Crippen molar-refractivity contribution in [2.24, 2.45) is 5.73 Å². The lowest BCUT2D eigenvalue weighted by molar-refractivity contribution is 0.355. The van der Waals surface area contributed by atoms with Crippen LogP contribution in [0.15, 0.2) is 46.9 Å². The molecule has 1 saturated heterocycles. The number of rotatable bonds is 10. The number of pyridine rings is 1. The zero-order valence-corrected chi connectivity index (χ0v) is 23.2. The van der Waals surface area contributed by atoms with Crippen LogP contribution in [0.2, 0.25) is 0 Å². The molecule has 0 bridgehead atoms. The topological polar surface area (TPSA) is 118 Å². The first-order chi connectivity index (χ1) is 17.5. The van der Waals surface area contributed by atoms with Gasteiger partial charge in [0, 0.05) is 25.2 Å². The molecular formula is C27H38N6O3S. The van der Waals surface area contributed by atoms with Crippen molar-refractivity contribution in [1.29, 1.82) is 0 Å². The van der Waals surface area contributed by atoms with Crippen LogP contribution in [0.25, 0.3) is 11.5 Å². The maximum absolute atomic E-state index is 13.0. The third kappa shape index (κ3) is 5.80. The Morgan fingerprint density at radius 1 is 1.22 bits per heavy atom. The van der Waals surface area contributed by atoms with Crippen LogP contribution in [-0.4, -0.2) is 48.5 Å². The van der Waals surface area contributed by atoms with Crippen molar-refractivity contribution in [3.63, 3.8) is 0 Å². The van der Waals surface area contributed by atoms with Gasteiger partial charge in [0.15, 0.2) is 0 Å². The van der Waals surface area contributed by atoms with E-state index in [-0.39, 0.29) is 5.89 Å². The molecule has 2 aromatic heterocycles. The van der Waals surface area contributed by atoms with Gasteiger partial charge in [-0.25, -0.2) is 13.4 Å². The van der Waals surface area contributed by atoms with Crippen LogP contribution in [0.5, 0.6) is 0 Å². The van der Waals surface area contributed by atoms with Gasteiger partial charge in [-0.3, -0.25) is 4.31 Å². The molecule has 10 heteroatoms. The van der Waals surface area contributed by atoms with Crippen molar-refractivity contribution < 1.29 is 12.8 Å². The predicted octanol–water partition coefficient (Wildman–Crippen LogP) is 4.49. The fraction of sp³-hybridized carbons (Fsp3) is 0.519. The molecule has 2 atom stereocenters. The van der Waals surface area contributed by atoms with Gasteiger partial charge in [0.2, 0.25) is 21.8 Å². The second-order valence-electron chi connectivity index (χ2n) is 10.4. The summed E-state index contributed by atoms with van der Waals surface area (Å²) in [5.41, 5.74) is 7.42. The summed E-state index contributed by atoms with van der Waals surface area (Å²) >= 11 is 0. The molecule has 0 radical (unpaired) electrons. The van der Waals surface area contributed by atoms with Gasteiger partial charge in [-0.05, 0) is 64.2 Å². The van der Waals surface area contributed by atoms with E-state index in [1.165, 1.54) is 11.4 Å². The Morgan fingerprint density at radius 2 is 1.95 bits per heavy atom. The first kappa shape index (κ1) is 27.1. The van der Waals surface area contributed by atoms with E-state index < -0.39 is 20.8 Å². The molecule has 9 nitrogen and oxygen atoms in total. The Kier molecular flexibility index (Phi) is 7.89. The van der Waals surface area contributed by atoms with Crippen molar-refractivity contribution in [3.8, 4) is 11.5 Å². The summed E-state index contributed by atoms with van der Waals surface area (Å²) in [6.07, 6.45) is 4.81. The summed E-state index contributed by atoms with van der Waals surface area (Å²) in [6, 6.07) is 13.9. The summed E-state index contributed by atoms with van der Waals surface area (Å²) in [7, 11) is -2.04. The Morgan fingerprint density at radius 3 is 2.62 bits per heavy atom. The molecule has 0 spiro atoms. The number of hydrogen-bond acceptors (Lipinski definition) is 8. The van der Waals surface area contributed by atoms with E-state index in [2.05, 4.69) is 22.0 Å². The van der Waals surface area contributed by atoms with Crippen LogP contribution in [0.1, 0.15) is 64.8 Å². The lowest BCUT2D eigenvalue weighted by Crippen LogP contribution is -2.35. The summed E-state index contributed by atoms with van der Waals surface area (Å²) in [6.45, 7) is 8.23. The van der Waals surface area contributed by atoms with E-state index in [9.17, 15) is 8.42 Å². The van der Waals surface area contributed by atoms with Gasteiger partial charge < -0.3 is 15.1 Å². The minimum Gasteiger partial charge on any atom is -0.419 e. The third-order valence-electron chi connectivity index (χ3n) is 6.97. The van der Waals surface area contributed by atoms with Gasteiger partial charge in [0.25, 0.3) is 0 Å². The Balaban J connectivity index is 1.74. The maximum atomic E-state index is 13.0. The summed E-state index contributed by atoms with van der Waals surface area (Å²) in [5.74, 6) is 1.64. The molecule has 3 heterocycles. The van der Waals surface area contributed by atoms with Crippen LogP contribution in [0, 0.1) is 0 Å². The second-order valence-corrected chi connectivity index (χ2v) is 12.9. The number of hydrogen-bond donors (Lipinski definition) is 1. The van der Waals surface area contributed by atoms with Crippen LogP contribution in [0.3, 0.4) is 0 Å². The average molecular weight is 527 g/mol. The molecule has 1 aromatic carbocycles. The Bertz CT molecular complexity index is 1310. The smallest absolute Gasteiger partial charge is 0.248 e. The second kappa shape index (κ2) is 10.8. The largest absolute Gasteiger partial charge is 0.419 e.